The Bertz CT molecular complexity index is 535. The minimum Gasteiger partial charge on any atom is -0.409 e. The van der Waals surface area contributed by atoms with E-state index in [9.17, 15) is 4.39 Å². The van der Waals surface area contributed by atoms with Gasteiger partial charge in [0.2, 0.25) is 0 Å². The molecular formula is C13H18BrFN4O. The lowest BCUT2D eigenvalue weighted by atomic mass is 10.1. The monoisotopic (exact) mass is 344 g/mol. The van der Waals surface area contributed by atoms with Gasteiger partial charge in [0.05, 0.1) is 10.2 Å². The second-order valence-electron chi connectivity index (χ2n) is 5.10. The van der Waals surface area contributed by atoms with E-state index in [0.29, 0.717) is 17.3 Å². The summed E-state index contributed by atoms with van der Waals surface area (Å²) in [6.45, 7) is 1.61. The first-order valence-electron chi connectivity index (χ1n) is 6.33. The van der Waals surface area contributed by atoms with Crippen molar-refractivity contribution in [3.8, 4) is 0 Å². The van der Waals surface area contributed by atoms with Crippen molar-refractivity contribution in [1.29, 1.82) is 0 Å². The second-order valence-corrected chi connectivity index (χ2v) is 5.89. The van der Waals surface area contributed by atoms with Crippen molar-refractivity contribution in [2.24, 2.45) is 10.9 Å². The summed E-state index contributed by atoms with van der Waals surface area (Å²) in [5.74, 6) is -0.497. The molecular weight excluding hydrogens is 327 g/mol. The van der Waals surface area contributed by atoms with Crippen LogP contribution in [0.3, 0.4) is 0 Å². The molecule has 0 aliphatic carbocycles. The number of nitrogens with zero attached hydrogens (tertiary/aromatic N) is 3. The molecule has 1 aromatic carbocycles. The Morgan fingerprint density at radius 1 is 1.55 bits per heavy atom. The second kappa shape index (κ2) is 5.97. The summed E-state index contributed by atoms with van der Waals surface area (Å²) >= 11 is 3.18. The first kappa shape index (κ1) is 15.1. The number of nitrogens with two attached hydrogens (primary N) is 1. The molecule has 2 rings (SSSR count). The lowest BCUT2D eigenvalue weighted by Gasteiger charge is -2.23. The van der Waals surface area contributed by atoms with E-state index < -0.39 is 0 Å². The van der Waals surface area contributed by atoms with Crippen LogP contribution in [0.5, 0.6) is 0 Å². The normalized spacial score (nSPS) is 19.9. The number of hydrogen-bond acceptors (Lipinski definition) is 4. The molecule has 110 valence electrons. The van der Waals surface area contributed by atoms with E-state index in [1.807, 2.05) is 19.0 Å². The van der Waals surface area contributed by atoms with Crippen LogP contribution in [-0.2, 0) is 0 Å². The van der Waals surface area contributed by atoms with Gasteiger partial charge in [0.25, 0.3) is 0 Å². The molecule has 0 spiro atoms. The van der Waals surface area contributed by atoms with Gasteiger partial charge >= 0.3 is 0 Å². The summed E-state index contributed by atoms with van der Waals surface area (Å²) < 4.78 is 14.7. The standard InChI is InChI=1S/C13H18BrFN4O/c1-18(2)8-5-6-19(7-8)10-4-3-9(13(16)17-20)11(14)12(10)15/h3-4,8,20H,5-7H2,1-2H3,(H2,16,17). The minimum absolute atomic E-state index is 0.116. The fourth-order valence-corrected chi connectivity index (χ4v) is 2.96. The van der Waals surface area contributed by atoms with Gasteiger partial charge in [-0.05, 0) is 48.6 Å². The van der Waals surface area contributed by atoms with Crippen LogP contribution in [0.15, 0.2) is 21.8 Å². The zero-order valence-corrected chi connectivity index (χ0v) is 13.1. The third kappa shape index (κ3) is 2.73. The minimum atomic E-state index is -0.381. The Morgan fingerprint density at radius 3 is 2.80 bits per heavy atom. The Hall–Kier alpha value is -1.34. The molecule has 0 saturated carbocycles. The van der Waals surface area contributed by atoms with E-state index in [-0.39, 0.29) is 16.1 Å². The molecule has 1 aliphatic rings. The topological polar surface area (TPSA) is 65.1 Å². The number of halogens is 2. The first-order chi connectivity index (χ1) is 9.45. The van der Waals surface area contributed by atoms with Crippen molar-refractivity contribution in [2.45, 2.75) is 12.5 Å². The summed E-state index contributed by atoms with van der Waals surface area (Å²) in [7, 11) is 4.06. The Kier molecular flexibility index (Phi) is 4.49. The largest absolute Gasteiger partial charge is 0.409 e. The zero-order chi connectivity index (χ0) is 14.9. The summed E-state index contributed by atoms with van der Waals surface area (Å²) in [6.07, 6.45) is 1.01. The van der Waals surface area contributed by atoms with Crippen molar-refractivity contribution in [3.05, 3.63) is 28.0 Å². The average molecular weight is 345 g/mol. The van der Waals surface area contributed by atoms with Crippen LogP contribution in [0.2, 0.25) is 0 Å². The van der Waals surface area contributed by atoms with Crippen molar-refractivity contribution in [2.75, 3.05) is 32.1 Å². The van der Waals surface area contributed by atoms with Gasteiger partial charge in [-0.25, -0.2) is 4.39 Å². The van der Waals surface area contributed by atoms with Crippen LogP contribution in [0.1, 0.15) is 12.0 Å². The Balaban J connectivity index is 2.29. The number of amidine groups is 1. The van der Waals surface area contributed by atoms with E-state index in [0.717, 1.165) is 19.5 Å². The lowest BCUT2D eigenvalue weighted by Crippen LogP contribution is -2.31. The number of hydrogen-bond donors (Lipinski definition) is 2. The Morgan fingerprint density at radius 2 is 2.25 bits per heavy atom. The summed E-state index contributed by atoms with van der Waals surface area (Å²) in [5, 5.41) is 11.6. The Labute approximate surface area is 126 Å². The van der Waals surface area contributed by atoms with Crippen LogP contribution in [0.25, 0.3) is 0 Å². The maximum atomic E-state index is 14.4. The predicted octanol–water partition coefficient (Wildman–Crippen LogP) is 1.82. The number of oxime groups is 1. The molecule has 7 heteroatoms. The van der Waals surface area contributed by atoms with Gasteiger partial charge in [-0.2, -0.15) is 0 Å². The van der Waals surface area contributed by atoms with Crippen LogP contribution in [0, 0.1) is 5.82 Å². The molecule has 0 amide bonds. The SMILES string of the molecule is CN(C)C1CCN(c2ccc(/C(N)=N/O)c(Br)c2F)C1. The van der Waals surface area contributed by atoms with Crippen molar-refractivity contribution in [3.63, 3.8) is 0 Å². The van der Waals surface area contributed by atoms with E-state index in [4.69, 9.17) is 10.9 Å². The maximum absolute atomic E-state index is 14.4. The van der Waals surface area contributed by atoms with Gasteiger partial charge in [-0.1, -0.05) is 5.16 Å². The molecule has 1 aromatic rings. The molecule has 20 heavy (non-hydrogen) atoms. The van der Waals surface area contributed by atoms with Gasteiger partial charge in [-0.15, -0.1) is 0 Å². The highest BCUT2D eigenvalue weighted by Crippen LogP contribution is 2.31. The average Bonchev–Trinajstić information content (AvgIpc) is 2.90. The zero-order valence-electron chi connectivity index (χ0n) is 11.5. The number of anilines is 1. The van der Waals surface area contributed by atoms with Crippen LogP contribution >= 0.6 is 15.9 Å². The van der Waals surface area contributed by atoms with E-state index in [1.54, 1.807) is 12.1 Å². The summed E-state index contributed by atoms with van der Waals surface area (Å²) in [6, 6.07) is 3.75. The quantitative estimate of drug-likeness (QED) is 0.380. The molecule has 1 fully saturated rings. The van der Waals surface area contributed by atoms with E-state index in [1.165, 1.54) is 0 Å². The van der Waals surface area contributed by atoms with Crippen molar-refractivity contribution >= 4 is 27.5 Å². The highest BCUT2D eigenvalue weighted by molar-refractivity contribution is 9.10. The molecule has 1 heterocycles. The molecule has 1 atom stereocenters. The fourth-order valence-electron chi connectivity index (χ4n) is 2.42. The molecule has 1 unspecified atom stereocenters. The summed E-state index contributed by atoms with van der Waals surface area (Å²) in [5.41, 5.74) is 6.39. The van der Waals surface area contributed by atoms with Crippen LogP contribution in [-0.4, -0.2) is 49.2 Å². The smallest absolute Gasteiger partial charge is 0.171 e. The fraction of sp³-hybridized carbons (Fsp3) is 0.462. The predicted molar refractivity (Wildman–Crippen MR) is 80.9 cm³/mol. The molecule has 1 saturated heterocycles. The third-order valence-electron chi connectivity index (χ3n) is 3.68. The molecule has 5 nitrogen and oxygen atoms in total. The van der Waals surface area contributed by atoms with Gasteiger partial charge < -0.3 is 20.7 Å². The van der Waals surface area contributed by atoms with Crippen LogP contribution < -0.4 is 10.6 Å². The number of benzene rings is 1. The van der Waals surface area contributed by atoms with Crippen molar-refractivity contribution < 1.29 is 9.60 Å². The molecule has 3 N–H and O–H groups in total. The molecule has 0 bridgehead atoms. The van der Waals surface area contributed by atoms with Crippen LogP contribution in [0.4, 0.5) is 10.1 Å². The molecule has 1 aliphatic heterocycles. The first-order valence-corrected chi connectivity index (χ1v) is 7.12. The van der Waals surface area contributed by atoms with E-state index in [2.05, 4.69) is 26.0 Å². The number of likely N-dealkylation sites (N-methyl/N-ethyl adjacent to an activating group) is 1. The van der Waals surface area contributed by atoms with E-state index >= 15 is 0 Å². The van der Waals surface area contributed by atoms with Gasteiger partial charge in [0.15, 0.2) is 11.7 Å². The van der Waals surface area contributed by atoms with Crippen molar-refractivity contribution in [1.82, 2.24) is 4.90 Å². The molecule has 0 aromatic heterocycles. The van der Waals surface area contributed by atoms with Gasteiger partial charge in [0.1, 0.15) is 0 Å². The third-order valence-corrected chi connectivity index (χ3v) is 4.46. The lowest BCUT2D eigenvalue weighted by molar-refractivity contribution is 0.315. The summed E-state index contributed by atoms with van der Waals surface area (Å²) in [4.78, 5) is 4.17. The van der Waals surface area contributed by atoms with Gasteiger partial charge in [0, 0.05) is 24.7 Å². The highest BCUT2D eigenvalue weighted by Gasteiger charge is 2.27. The number of rotatable bonds is 3. The van der Waals surface area contributed by atoms with Gasteiger partial charge in [-0.3, -0.25) is 0 Å². The molecule has 0 radical (unpaired) electrons. The highest BCUT2D eigenvalue weighted by atomic mass is 79.9. The maximum Gasteiger partial charge on any atom is 0.171 e.